The number of hydrogen-bond donors (Lipinski definition) is 2. The van der Waals surface area contributed by atoms with E-state index in [9.17, 15) is 35.6 Å². The Bertz CT molecular complexity index is 1620. The summed E-state index contributed by atoms with van der Waals surface area (Å²) in [4.78, 5) is 33.0. The van der Waals surface area contributed by atoms with Gasteiger partial charge in [-0.2, -0.15) is 13.2 Å². The summed E-state index contributed by atoms with van der Waals surface area (Å²) in [5.74, 6) is -2.37. The van der Waals surface area contributed by atoms with E-state index in [1.54, 1.807) is 28.0 Å². The molecule has 3 aromatic rings. The van der Waals surface area contributed by atoms with Crippen LogP contribution >= 0.6 is 0 Å². The molecule has 1 saturated heterocycles. The molecule has 1 unspecified atom stereocenters. The van der Waals surface area contributed by atoms with Crippen molar-refractivity contribution in [2.24, 2.45) is 0 Å². The number of sulfonamides is 1. The summed E-state index contributed by atoms with van der Waals surface area (Å²) < 4.78 is 79.9. The van der Waals surface area contributed by atoms with E-state index in [-0.39, 0.29) is 55.7 Å². The van der Waals surface area contributed by atoms with Crippen LogP contribution in [0.2, 0.25) is 0 Å². The summed E-state index contributed by atoms with van der Waals surface area (Å²) in [5.41, 5.74) is 0.733. The Kier molecular flexibility index (Phi) is 9.28. The molecule has 2 amide bonds. The highest BCUT2D eigenvalue weighted by atomic mass is 32.2. The van der Waals surface area contributed by atoms with Crippen LogP contribution in [0.1, 0.15) is 45.6 Å². The largest absolute Gasteiger partial charge is 0.433 e. The molecule has 0 spiro atoms. The van der Waals surface area contributed by atoms with Gasteiger partial charge in [-0.3, -0.25) is 14.3 Å². The van der Waals surface area contributed by atoms with Crippen molar-refractivity contribution in [1.29, 1.82) is 0 Å². The Labute approximate surface area is 247 Å². The highest BCUT2D eigenvalue weighted by molar-refractivity contribution is 7.92. The van der Waals surface area contributed by atoms with Crippen LogP contribution in [-0.2, 0) is 27.5 Å². The number of rotatable bonds is 8. The Morgan fingerprint density at radius 1 is 1.02 bits per heavy atom. The zero-order valence-corrected chi connectivity index (χ0v) is 24.5. The van der Waals surface area contributed by atoms with Crippen LogP contribution in [0.5, 0.6) is 0 Å². The van der Waals surface area contributed by atoms with E-state index in [2.05, 4.69) is 10.3 Å². The first-order valence-electron chi connectivity index (χ1n) is 13.4. The van der Waals surface area contributed by atoms with E-state index in [1.807, 2.05) is 17.7 Å². The number of halogens is 4. The predicted octanol–water partition coefficient (Wildman–Crippen LogP) is 4.30. The van der Waals surface area contributed by atoms with Crippen molar-refractivity contribution in [2.45, 2.75) is 32.5 Å². The van der Waals surface area contributed by atoms with Gasteiger partial charge in [0.15, 0.2) is 0 Å². The fraction of sp³-hybridized carbons (Fsp3) is 0.345. The molecule has 1 fully saturated rings. The summed E-state index contributed by atoms with van der Waals surface area (Å²) in [6.45, 7) is 4.24. The molecule has 14 heteroatoms. The van der Waals surface area contributed by atoms with Gasteiger partial charge in [0, 0.05) is 43.9 Å². The number of aryl methyl sites for hydroxylation is 1. The molecule has 1 aliphatic heterocycles. The highest BCUT2D eigenvalue weighted by Crippen LogP contribution is 2.31. The summed E-state index contributed by atoms with van der Waals surface area (Å²) in [6.07, 6.45) is -3.80. The Morgan fingerprint density at radius 2 is 1.72 bits per heavy atom. The number of benzene rings is 2. The summed E-state index contributed by atoms with van der Waals surface area (Å²) >= 11 is 0. The first-order chi connectivity index (χ1) is 20.1. The molecule has 0 saturated carbocycles. The van der Waals surface area contributed by atoms with Crippen LogP contribution in [0.4, 0.5) is 29.1 Å². The molecule has 9 nitrogen and oxygen atoms in total. The Hall–Kier alpha value is -4.20. The molecule has 0 bridgehead atoms. The normalized spacial score (nSPS) is 14.8. The molecule has 2 aromatic carbocycles. The van der Waals surface area contributed by atoms with Crippen LogP contribution < -0.4 is 14.9 Å². The number of aromatic nitrogens is 1. The van der Waals surface area contributed by atoms with Crippen molar-refractivity contribution in [3.05, 3.63) is 88.4 Å². The van der Waals surface area contributed by atoms with E-state index in [0.29, 0.717) is 11.1 Å². The average molecular weight is 622 g/mol. The minimum absolute atomic E-state index is 0.0488. The van der Waals surface area contributed by atoms with Gasteiger partial charge in [-0.25, -0.2) is 17.8 Å². The topological polar surface area (TPSA) is 112 Å². The van der Waals surface area contributed by atoms with E-state index in [0.717, 1.165) is 24.0 Å². The zero-order valence-electron chi connectivity index (χ0n) is 23.7. The van der Waals surface area contributed by atoms with Crippen molar-refractivity contribution < 1.29 is 35.6 Å². The molecule has 43 heavy (non-hydrogen) atoms. The number of nitrogens with one attached hydrogen (secondary N) is 2. The van der Waals surface area contributed by atoms with Gasteiger partial charge in [0.25, 0.3) is 5.91 Å². The van der Waals surface area contributed by atoms with Gasteiger partial charge in [-0.15, -0.1) is 0 Å². The molecule has 0 radical (unpaired) electrons. The fourth-order valence-electron chi connectivity index (χ4n) is 4.70. The predicted molar refractivity (Wildman–Crippen MR) is 154 cm³/mol. The Morgan fingerprint density at radius 3 is 2.33 bits per heavy atom. The molecule has 2 heterocycles. The first kappa shape index (κ1) is 31.7. The second-order valence-corrected chi connectivity index (χ2v) is 12.1. The van der Waals surface area contributed by atoms with Gasteiger partial charge in [-0.05, 0) is 49.7 Å². The molecule has 1 atom stereocenters. The quantitative estimate of drug-likeness (QED) is 0.363. The lowest BCUT2D eigenvalue weighted by Gasteiger charge is -2.36. The maximum atomic E-state index is 14.5. The van der Waals surface area contributed by atoms with Crippen molar-refractivity contribution in [3.8, 4) is 0 Å². The molecule has 4 rings (SSSR count). The smallest absolute Gasteiger partial charge is 0.353 e. The summed E-state index contributed by atoms with van der Waals surface area (Å²) in [7, 11) is -3.70. The summed E-state index contributed by atoms with van der Waals surface area (Å²) in [5, 5.41) is 2.68. The number of piperazine rings is 1. The third kappa shape index (κ3) is 8.00. The van der Waals surface area contributed by atoms with Gasteiger partial charge < -0.3 is 15.1 Å². The van der Waals surface area contributed by atoms with E-state index in [1.165, 1.54) is 25.1 Å². The van der Waals surface area contributed by atoms with Gasteiger partial charge >= 0.3 is 6.18 Å². The third-order valence-corrected chi connectivity index (χ3v) is 7.60. The van der Waals surface area contributed by atoms with Crippen molar-refractivity contribution in [3.63, 3.8) is 0 Å². The van der Waals surface area contributed by atoms with E-state index < -0.39 is 39.5 Å². The van der Waals surface area contributed by atoms with Gasteiger partial charge in [-0.1, -0.05) is 29.8 Å². The standard InChI is InChI=1S/C29H31F4N5O4S/c1-18-5-4-6-21(15-18)28(40)38-13-11-37(12-14-38)26-22(8-10-25(35-26)29(31,32)33)17-34-27(39)19(2)20-7-9-24(23(30)16-20)36-43(3,41)42/h4-10,15-16,19,36H,11-14,17H2,1-3H3,(H,34,39). The molecule has 1 aromatic heterocycles. The SMILES string of the molecule is Cc1cccc(C(=O)N2CCN(c3nc(C(F)(F)F)ccc3CNC(=O)C(C)c3ccc(NS(C)(=O)=O)c(F)c3)CC2)c1. The number of pyridine rings is 1. The monoisotopic (exact) mass is 621 g/mol. The van der Waals surface area contributed by atoms with Crippen molar-refractivity contribution in [1.82, 2.24) is 15.2 Å². The zero-order chi connectivity index (χ0) is 31.5. The summed E-state index contributed by atoms with van der Waals surface area (Å²) in [6, 6.07) is 12.9. The van der Waals surface area contributed by atoms with E-state index >= 15 is 0 Å². The van der Waals surface area contributed by atoms with Crippen LogP contribution in [-0.4, -0.2) is 62.6 Å². The number of alkyl halides is 3. The minimum Gasteiger partial charge on any atom is -0.353 e. The maximum Gasteiger partial charge on any atom is 0.433 e. The van der Waals surface area contributed by atoms with Crippen LogP contribution in [0, 0.1) is 12.7 Å². The number of carbonyl (C=O) groups is 2. The van der Waals surface area contributed by atoms with Crippen molar-refractivity contribution >= 4 is 33.3 Å². The minimum atomic E-state index is -4.68. The number of anilines is 2. The fourth-order valence-corrected chi connectivity index (χ4v) is 5.26. The van der Waals surface area contributed by atoms with Crippen LogP contribution in [0.25, 0.3) is 0 Å². The van der Waals surface area contributed by atoms with Crippen LogP contribution in [0.3, 0.4) is 0 Å². The van der Waals surface area contributed by atoms with Gasteiger partial charge in [0.2, 0.25) is 15.9 Å². The van der Waals surface area contributed by atoms with Gasteiger partial charge in [0.1, 0.15) is 17.3 Å². The number of hydrogen-bond acceptors (Lipinski definition) is 6. The van der Waals surface area contributed by atoms with Gasteiger partial charge in [0.05, 0.1) is 17.9 Å². The third-order valence-electron chi connectivity index (χ3n) is 7.01. The highest BCUT2D eigenvalue weighted by Gasteiger charge is 2.34. The molecular weight excluding hydrogens is 590 g/mol. The Balaban J connectivity index is 1.47. The molecule has 230 valence electrons. The lowest BCUT2D eigenvalue weighted by atomic mass is 9.99. The second kappa shape index (κ2) is 12.6. The number of amides is 2. The lowest BCUT2D eigenvalue weighted by molar-refractivity contribution is -0.141. The van der Waals surface area contributed by atoms with Crippen LogP contribution in [0.15, 0.2) is 54.6 Å². The molecule has 1 aliphatic rings. The number of carbonyl (C=O) groups excluding carboxylic acids is 2. The van der Waals surface area contributed by atoms with Crippen molar-refractivity contribution in [2.75, 3.05) is 42.1 Å². The van der Waals surface area contributed by atoms with E-state index in [4.69, 9.17) is 0 Å². The second-order valence-electron chi connectivity index (χ2n) is 10.4. The molecule has 0 aliphatic carbocycles. The lowest BCUT2D eigenvalue weighted by Crippen LogP contribution is -2.49. The average Bonchev–Trinajstić information content (AvgIpc) is 2.95. The molecular formula is C29H31F4N5O4S. The maximum absolute atomic E-state index is 14.5. The number of nitrogens with zero attached hydrogens (tertiary/aromatic N) is 3. The first-order valence-corrected chi connectivity index (χ1v) is 15.2. The molecule has 2 N–H and O–H groups in total.